The number of thioether (sulfide) groups is 1. The number of ether oxygens (including phenoxy) is 1. The zero-order valence-electron chi connectivity index (χ0n) is 17.8. The van der Waals surface area contributed by atoms with Gasteiger partial charge < -0.3 is 4.74 Å². The van der Waals surface area contributed by atoms with Crippen molar-refractivity contribution in [1.82, 2.24) is 34.6 Å². The quantitative estimate of drug-likeness (QED) is 0.267. The normalized spacial score (nSPS) is 11.4. The summed E-state index contributed by atoms with van der Waals surface area (Å²) in [4.78, 5) is 16.5. The Hall–Kier alpha value is -3.50. The predicted molar refractivity (Wildman–Crippen MR) is 125 cm³/mol. The van der Waals surface area contributed by atoms with Crippen LogP contribution in [0.2, 0.25) is 5.02 Å². The van der Waals surface area contributed by atoms with E-state index >= 15 is 0 Å². The van der Waals surface area contributed by atoms with E-state index in [1.165, 1.54) is 30.0 Å². The fourth-order valence-electron chi connectivity index (χ4n) is 3.39. The second-order valence-electron chi connectivity index (χ2n) is 7.28. The molecule has 0 unspecified atom stereocenters. The van der Waals surface area contributed by atoms with Gasteiger partial charge in [0.15, 0.2) is 11.2 Å². The molecule has 0 saturated heterocycles. The molecule has 9 nitrogen and oxygen atoms in total. The van der Waals surface area contributed by atoms with Crippen LogP contribution in [0.1, 0.15) is 16.8 Å². The van der Waals surface area contributed by atoms with Crippen LogP contribution in [0.15, 0.2) is 53.7 Å². The van der Waals surface area contributed by atoms with Crippen molar-refractivity contribution in [1.29, 1.82) is 0 Å². The van der Waals surface area contributed by atoms with Gasteiger partial charge in [0, 0.05) is 10.8 Å². The molecule has 0 saturated carbocycles. The molecule has 166 valence electrons. The molecule has 0 bridgehead atoms. The predicted octanol–water partition coefficient (Wildman–Crippen LogP) is 3.83. The fraction of sp³-hybridized carbons (Fsp3) is 0.182. The van der Waals surface area contributed by atoms with Crippen LogP contribution in [-0.4, -0.2) is 47.7 Å². The number of esters is 1. The van der Waals surface area contributed by atoms with Crippen molar-refractivity contribution < 1.29 is 9.53 Å². The summed E-state index contributed by atoms with van der Waals surface area (Å²) in [7, 11) is 1.33. The summed E-state index contributed by atoms with van der Waals surface area (Å²) in [6.45, 7) is 2.08. The first-order chi connectivity index (χ1) is 16.0. The van der Waals surface area contributed by atoms with Crippen LogP contribution in [0.5, 0.6) is 0 Å². The minimum atomic E-state index is -0.424. The number of aryl methyl sites for hydroxylation is 1. The second-order valence-corrected chi connectivity index (χ2v) is 8.66. The van der Waals surface area contributed by atoms with Crippen LogP contribution in [-0.2, 0) is 21.7 Å². The molecular formula is C22H18ClN7O2S. The number of hydrogen-bond donors (Lipinski definition) is 0. The molecule has 0 fully saturated rings. The minimum Gasteiger partial charge on any atom is -0.469 e. The van der Waals surface area contributed by atoms with Gasteiger partial charge in [-0.1, -0.05) is 47.6 Å². The highest BCUT2D eigenvalue weighted by atomic mass is 35.5. The first kappa shape index (κ1) is 21.4. The minimum absolute atomic E-state index is 0.0443. The van der Waals surface area contributed by atoms with Gasteiger partial charge >= 0.3 is 5.97 Å². The summed E-state index contributed by atoms with van der Waals surface area (Å²) in [5, 5.41) is 19.0. The Balaban J connectivity index is 1.61. The van der Waals surface area contributed by atoms with Crippen LogP contribution in [0.4, 0.5) is 0 Å². The van der Waals surface area contributed by atoms with Crippen LogP contribution in [0, 0.1) is 6.92 Å². The summed E-state index contributed by atoms with van der Waals surface area (Å²) in [5.74, 6) is 0.645. The molecular weight excluding hydrogens is 462 g/mol. The number of rotatable bonds is 6. The summed E-state index contributed by atoms with van der Waals surface area (Å²) < 4.78 is 8.08. The standard InChI is InChI=1S/C22H18ClN7O2S/c1-13-5-3-4-6-14(13)12-33-22-24-21-26-25-19-17(11-18(31)32-2)27-29(20(19)30(21)28-22)16-9-7-15(23)8-10-16/h3-10H,11-12H2,1-2H3. The van der Waals surface area contributed by atoms with Crippen molar-refractivity contribution in [3.05, 3.63) is 70.4 Å². The molecule has 0 atom stereocenters. The Morgan fingerprint density at radius 3 is 2.64 bits per heavy atom. The third-order valence-corrected chi connectivity index (χ3v) is 6.28. The largest absolute Gasteiger partial charge is 0.469 e. The lowest BCUT2D eigenvalue weighted by Gasteiger charge is -2.04. The van der Waals surface area contributed by atoms with E-state index in [2.05, 4.69) is 44.4 Å². The van der Waals surface area contributed by atoms with E-state index in [0.29, 0.717) is 32.8 Å². The molecule has 0 aliphatic heterocycles. The van der Waals surface area contributed by atoms with Gasteiger partial charge in [0.25, 0.3) is 5.78 Å². The topological polar surface area (TPSA) is 100 Å². The zero-order valence-corrected chi connectivity index (χ0v) is 19.3. The average molecular weight is 480 g/mol. The van der Waals surface area contributed by atoms with Crippen LogP contribution >= 0.6 is 23.4 Å². The van der Waals surface area contributed by atoms with Gasteiger partial charge in [-0.05, 0) is 42.3 Å². The van der Waals surface area contributed by atoms with Crippen molar-refractivity contribution in [3.8, 4) is 5.69 Å². The second kappa shape index (κ2) is 8.80. The van der Waals surface area contributed by atoms with Crippen molar-refractivity contribution >= 4 is 46.3 Å². The zero-order chi connectivity index (χ0) is 22.9. The summed E-state index contributed by atoms with van der Waals surface area (Å²) >= 11 is 7.58. The highest BCUT2D eigenvalue weighted by Gasteiger charge is 2.22. The molecule has 0 N–H and O–H groups in total. The van der Waals surface area contributed by atoms with Gasteiger partial charge in [0.1, 0.15) is 5.69 Å². The van der Waals surface area contributed by atoms with Crippen molar-refractivity contribution in [2.24, 2.45) is 0 Å². The van der Waals surface area contributed by atoms with Crippen molar-refractivity contribution in [2.45, 2.75) is 24.3 Å². The molecule has 0 aliphatic carbocycles. The third-order valence-electron chi connectivity index (χ3n) is 5.15. The number of hydrogen-bond acceptors (Lipinski definition) is 8. The molecule has 5 aromatic rings. The van der Waals surface area contributed by atoms with Gasteiger partial charge in [-0.25, -0.2) is 4.68 Å². The van der Waals surface area contributed by atoms with Gasteiger partial charge in [-0.3, -0.25) is 4.79 Å². The lowest BCUT2D eigenvalue weighted by atomic mass is 10.1. The van der Waals surface area contributed by atoms with Crippen LogP contribution < -0.4 is 0 Å². The van der Waals surface area contributed by atoms with Gasteiger partial charge in [0.2, 0.25) is 5.16 Å². The number of halogens is 1. The molecule has 2 aromatic carbocycles. The summed E-state index contributed by atoms with van der Waals surface area (Å²) in [6, 6.07) is 15.4. The molecule has 0 aliphatic rings. The van der Waals surface area contributed by atoms with E-state index in [4.69, 9.17) is 16.3 Å². The van der Waals surface area contributed by atoms with Crippen LogP contribution in [0.25, 0.3) is 22.6 Å². The van der Waals surface area contributed by atoms with E-state index in [1.807, 2.05) is 24.3 Å². The Kier molecular flexibility index (Phi) is 5.69. The monoisotopic (exact) mass is 479 g/mol. The molecule has 33 heavy (non-hydrogen) atoms. The number of carbonyl (C=O) groups is 1. The van der Waals surface area contributed by atoms with E-state index in [0.717, 1.165) is 11.4 Å². The number of methoxy groups -OCH3 is 1. The molecule has 11 heteroatoms. The molecule has 0 spiro atoms. The van der Waals surface area contributed by atoms with E-state index < -0.39 is 5.97 Å². The number of aromatic nitrogens is 7. The first-order valence-electron chi connectivity index (χ1n) is 10.0. The van der Waals surface area contributed by atoms with E-state index in [-0.39, 0.29) is 6.42 Å². The van der Waals surface area contributed by atoms with E-state index in [9.17, 15) is 4.79 Å². The van der Waals surface area contributed by atoms with Crippen LogP contribution in [0.3, 0.4) is 0 Å². The third kappa shape index (κ3) is 4.14. The molecule has 3 heterocycles. The summed E-state index contributed by atoms with van der Waals surface area (Å²) in [5.41, 5.74) is 4.60. The van der Waals surface area contributed by atoms with Gasteiger partial charge in [0.05, 0.1) is 19.2 Å². The Morgan fingerprint density at radius 2 is 1.88 bits per heavy atom. The highest BCUT2D eigenvalue weighted by molar-refractivity contribution is 7.98. The maximum Gasteiger partial charge on any atom is 0.311 e. The first-order valence-corrected chi connectivity index (χ1v) is 11.4. The maximum atomic E-state index is 12.0. The molecule has 5 rings (SSSR count). The number of carbonyl (C=O) groups excluding carboxylic acids is 1. The lowest BCUT2D eigenvalue weighted by Crippen LogP contribution is -2.06. The molecule has 0 radical (unpaired) electrons. The maximum absolute atomic E-state index is 12.0. The highest BCUT2D eigenvalue weighted by Crippen LogP contribution is 2.25. The van der Waals surface area contributed by atoms with Crippen molar-refractivity contribution in [2.75, 3.05) is 7.11 Å². The number of benzene rings is 2. The smallest absolute Gasteiger partial charge is 0.311 e. The van der Waals surface area contributed by atoms with Crippen molar-refractivity contribution in [3.63, 3.8) is 0 Å². The van der Waals surface area contributed by atoms with E-state index in [1.54, 1.807) is 21.3 Å². The molecule has 0 amide bonds. The van der Waals surface area contributed by atoms with Gasteiger partial charge in [-0.15, -0.1) is 15.3 Å². The summed E-state index contributed by atoms with van der Waals surface area (Å²) in [6.07, 6.45) is -0.0443. The fourth-order valence-corrected chi connectivity index (χ4v) is 4.41. The lowest BCUT2D eigenvalue weighted by molar-refractivity contribution is -0.139. The number of fused-ring (bicyclic) bond motifs is 3. The average Bonchev–Trinajstić information content (AvgIpc) is 3.40. The Bertz CT molecular complexity index is 1480. The van der Waals surface area contributed by atoms with Gasteiger partial charge in [-0.2, -0.15) is 14.6 Å². The SMILES string of the molecule is COC(=O)Cc1nn(-c2ccc(Cl)cc2)c2c1nnc1nc(SCc3ccccc3C)nn12. The molecule has 3 aromatic heterocycles. The number of nitrogens with zero attached hydrogens (tertiary/aromatic N) is 7. The Morgan fingerprint density at radius 1 is 1.09 bits per heavy atom. The Labute approximate surface area is 197 Å².